The lowest BCUT2D eigenvalue weighted by atomic mass is 10.1. The molecule has 1 heterocycles. The number of hydrogen-bond donors (Lipinski definition) is 1. The van der Waals surface area contributed by atoms with Crippen LogP contribution in [-0.2, 0) is 4.79 Å². The van der Waals surface area contributed by atoms with Gasteiger partial charge in [-0.2, -0.15) is 0 Å². The third-order valence-electron chi connectivity index (χ3n) is 2.01. The molecule has 1 aliphatic rings. The van der Waals surface area contributed by atoms with Crippen molar-refractivity contribution in [1.29, 1.82) is 0 Å². The molecule has 62 valence electrons. The SMILES string of the molecule is CN1C(=O)NC(=O)C1(C)CCl. The molecule has 0 spiro atoms. The molecule has 0 saturated carbocycles. The molecule has 11 heavy (non-hydrogen) atoms. The van der Waals surface area contributed by atoms with Gasteiger partial charge in [-0.25, -0.2) is 4.79 Å². The first-order valence-corrected chi connectivity index (χ1v) is 3.71. The Morgan fingerprint density at radius 2 is 2.18 bits per heavy atom. The minimum absolute atomic E-state index is 0.112. The number of amides is 3. The summed E-state index contributed by atoms with van der Waals surface area (Å²) in [6.07, 6.45) is 0. The van der Waals surface area contributed by atoms with Gasteiger partial charge in [-0.1, -0.05) is 0 Å². The maximum Gasteiger partial charge on any atom is 0.324 e. The number of carbonyl (C=O) groups is 2. The summed E-state index contributed by atoms with van der Waals surface area (Å²) in [4.78, 5) is 23.3. The van der Waals surface area contributed by atoms with Crippen molar-refractivity contribution in [2.24, 2.45) is 0 Å². The second-order valence-corrected chi connectivity index (χ2v) is 2.99. The van der Waals surface area contributed by atoms with Gasteiger partial charge in [-0.3, -0.25) is 10.1 Å². The fourth-order valence-corrected chi connectivity index (χ4v) is 1.14. The molecule has 5 heteroatoms. The summed E-state index contributed by atoms with van der Waals surface area (Å²) in [5.41, 5.74) is -0.876. The zero-order valence-corrected chi connectivity index (χ0v) is 7.10. The lowest BCUT2D eigenvalue weighted by Crippen LogP contribution is -2.46. The molecule has 1 N–H and O–H groups in total. The van der Waals surface area contributed by atoms with Crippen LogP contribution in [0.25, 0.3) is 0 Å². The normalized spacial score (nSPS) is 31.0. The average Bonchev–Trinajstić information content (AvgIpc) is 2.16. The van der Waals surface area contributed by atoms with E-state index in [2.05, 4.69) is 5.32 Å². The topological polar surface area (TPSA) is 49.4 Å². The van der Waals surface area contributed by atoms with E-state index in [9.17, 15) is 9.59 Å². The van der Waals surface area contributed by atoms with Crippen LogP contribution in [0.2, 0.25) is 0 Å². The molecule has 1 unspecified atom stereocenters. The van der Waals surface area contributed by atoms with E-state index in [0.29, 0.717) is 0 Å². The van der Waals surface area contributed by atoms with Crippen LogP contribution in [0.4, 0.5) is 4.79 Å². The average molecular weight is 177 g/mol. The molecule has 0 radical (unpaired) electrons. The van der Waals surface area contributed by atoms with Crippen molar-refractivity contribution < 1.29 is 9.59 Å². The Kier molecular flexibility index (Phi) is 1.80. The molecule has 1 rings (SSSR count). The first-order chi connectivity index (χ1) is 5.02. The fraction of sp³-hybridized carbons (Fsp3) is 0.667. The number of nitrogens with one attached hydrogen (secondary N) is 1. The third kappa shape index (κ3) is 0.976. The summed E-state index contributed by atoms with van der Waals surface area (Å²) in [6, 6.07) is -0.391. The Labute approximate surface area is 69.5 Å². The number of urea groups is 1. The molecule has 0 aromatic carbocycles. The molecule has 1 aliphatic heterocycles. The number of alkyl halides is 1. The van der Waals surface area contributed by atoms with E-state index in [0.717, 1.165) is 0 Å². The summed E-state index contributed by atoms with van der Waals surface area (Å²) in [7, 11) is 1.54. The van der Waals surface area contributed by atoms with Gasteiger partial charge in [0.15, 0.2) is 0 Å². The minimum atomic E-state index is -0.876. The monoisotopic (exact) mass is 176 g/mol. The van der Waals surface area contributed by atoms with Crippen molar-refractivity contribution in [2.75, 3.05) is 12.9 Å². The van der Waals surface area contributed by atoms with Crippen LogP contribution in [0, 0.1) is 0 Å². The first kappa shape index (κ1) is 8.33. The number of likely N-dealkylation sites (N-methyl/N-ethyl adjacent to an activating group) is 1. The number of hydrogen-bond acceptors (Lipinski definition) is 2. The third-order valence-corrected chi connectivity index (χ3v) is 2.54. The fourth-order valence-electron chi connectivity index (χ4n) is 0.842. The van der Waals surface area contributed by atoms with Crippen LogP contribution >= 0.6 is 11.6 Å². The number of carbonyl (C=O) groups excluding carboxylic acids is 2. The van der Waals surface area contributed by atoms with E-state index in [-0.39, 0.29) is 11.8 Å². The molecular formula is C6H9ClN2O2. The van der Waals surface area contributed by atoms with E-state index in [1.165, 1.54) is 4.90 Å². The quantitative estimate of drug-likeness (QED) is 0.457. The van der Waals surface area contributed by atoms with Crippen LogP contribution < -0.4 is 5.32 Å². The number of halogens is 1. The van der Waals surface area contributed by atoms with E-state index in [1.54, 1.807) is 14.0 Å². The standard InChI is InChI=1S/C6H9ClN2O2/c1-6(3-7)4(10)8-5(11)9(6)2/h3H2,1-2H3,(H,8,10,11). The second-order valence-electron chi connectivity index (χ2n) is 2.73. The second kappa shape index (κ2) is 2.37. The van der Waals surface area contributed by atoms with E-state index < -0.39 is 11.6 Å². The molecule has 3 amide bonds. The molecule has 1 fully saturated rings. The maximum absolute atomic E-state index is 11.1. The van der Waals surface area contributed by atoms with Crippen molar-refractivity contribution in [3.05, 3.63) is 0 Å². The zero-order chi connectivity index (χ0) is 8.65. The van der Waals surface area contributed by atoms with Gasteiger partial charge in [0.25, 0.3) is 5.91 Å². The molecule has 0 aliphatic carbocycles. The zero-order valence-electron chi connectivity index (χ0n) is 6.35. The van der Waals surface area contributed by atoms with Crippen molar-refractivity contribution >= 4 is 23.5 Å². The Morgan fingerprint density at radius 1 is 1.64 bits per heavy atom. The van der Waals surface area contributed by atoms with Gasteiger partial charge in [0.1, 0.15) is 5.54 Å². The highest BCUT2D eigenvalue weighted by molar-refractivity contribution is 6.22. The Hall–Kier alpha value is -0.770. The van der Waals surface area contributed by atoms with Crippen LogP contribution in [0.3, 0.4) is 0 Å². The molecular weight excluding hydrogens is 168 g/mol. The number of nitrogens with zero attached hydrogens (tertiary/aromatic N) is 1. The summed E-state index contributed by atoms with van der Waals surface area (Å²) in [5.74, 6) is -0.221. The van der Waals surface area contributed by atoms with Crippen molar-refractivity contribution in [1.82, 2.24) is 10.2 Å². The van der Waals surface area contributed by atoms with Gasteiger partial charge in [0.2, 0.25) is 0 Å². The highest BCUT2D eigenvalue weighted by Crippen LogP contribution is 2.20. The first-order valence-electron chi connectivity index (χ1n) is 3.17. The van der Waals surface area contributed by atoms with Crippen LogP contribution in [0.1, 0.15) is 6.92 Å². The highest BCUT2D eigenvalue weighted by atomic mass is 35.5. The summed E-state index contributed by atoms with van der Waals surface area (Å²) in [5, 5.41) is 2.17. The van der Waals surface area contributed by atoms with E-state index >= 15 is 0 Å². The Balaban J connectivity index is 2.96. The van der Waals surface area contributed by atoms with Gasteiger partial charge in [0.05, 0.1) is 5.88 Å². The summed E-state index contributed by atoms with van der Waals surface area (Å²) < 4.78 is 0. The molecule has 1 atom stereocenters. The van der Waals surface area contributed by atoms with Gasteiger partial charge in [-0.05, 0) is 6.92 Å². The predicted octanol–water partition coefficient (Wildman–Crippen LogP) is 0.166. The van der Waals surface area contributed by atoms with E-state index in [1.807, 2.05) is 0 Å². The van der Waals surface area contributed by atoms with Crippen molar-refractivity contribution in [3.8, 4) is 0 Å². The largest absolute Gasteiger partial charge is 0.324 e. The lowest BCUT2D eigenvalue weighted by molar-refractivity contribution is -0.124. The Morgan fingerprint density at radius 3 is 2.36 bits per heavy atom. The smallest absolute Gasteiger partial charge is 0.312 e. The highest BCUT2D eigenvalue weighted by Gasteiger charge is 2.46. The van der Waals surface area contributed by atoms with E-state index in [4.69, 9.17) is 11.6 Å². The summed E-state index contributed by atoms with van der Waals surface area (Å²) in [6.45, 7) is 1.63. The Bertz CT molecular complexity index is 219. The van der Waals surface area contributed by atoms with Gasteiger partial charge >= 0.3 is 6.03 Å². The molecule has 0 aromatic rings. The van der Waals surface area contributed by atoms with Gasteiger partial charge in [-0.15, -0.1) is 11.6 Å². The molecule has 4 nitrogen and oxygen atoms in total. The van der Waals surface area contributed by atoms with Gasteiger partial charge in [0, 0.05) is 7.05 Å². The van der Waals surface area contributed by atoms with Crippen LogP contribution in [0.5, 0.6) is 0 Å². The molecule has 0 bridgehead atoms. The minimum Gasteiger partial charge on any atom is -0.312 e. The molecule has 1 saturated heterocycles. The number of rotatable bonds is 1. The van der Waals surface area contributed by atoms with Crippen LogP contribution in [0.15, 0.2) is 0 Å². The van der Waals surface area contributed by atoms with Crippen molar-refractivity contribution in [2.45, 2.75) is 12.5 Å². The van der Waals surface area contributed by atoms with Crippen molar-refractivity contribution in [3.63, 3.8) is 0 Å². The number of imide groups is 1. The lowest BCUT2D eigenvalue weighted by Gasteiger charge is -2.25. The predicted molar refractivity (Wildman–Crippen MR) is 40.4 cm³/mol. The summed E-state index contributed by atoms with van der Waals surface area (Å²) >= 11 is 5.55. The van der Waals surface area contributed by atoms with Crippen LogP contribution in [-0.4, -0.2) is 35.3 Å². The molecule has 0 aromatic heterocycles. The maximum atomic E-state index is 11.1. The van der Waals surface area contributed by atoms with Gasteiger partial charge < -0.3 is 4.90 Å².